The van der Waals surface area contributed by atoms with Crippen LogP contribution in [0.15, 0.2) is 12.2 Å². The standard InChI is InChI=1S/C11H16OSi/c1-13(2)6-7-5-10-9-4-3-8(7)11(9,10)12-13/h3-4,7-10H,5-6H2,1-2H3/t7-,8?,9+,10-,11-/m0/s1. The van der Waals surface area contributed by atoms with Crippen LogP contribution >= 0.6 is 0 Å². The van der Waals surface area contributed by atoms with E-state index >= 15 is 0 Å². The van der Waals surface area contributed by atoms with Crippen molar-refractivity contribution < 1.29 is 4.43 Å². The van der Waals surface area contributed by atoms with E-state index in [1.807, 2.05) is 0 Å². The normalized spacial score (nSPS) is 63.8. The van der Waals surface area contributed by atoms with Gasteiger partial charge in [-0.1, -0.05) is 12.2 Å². The molecule has 1 heterocycles. The van der Waals surface area contributed by atoms with E-state index in [0.717, 1.165) is 23.7 Å². The van der Waals surface area contributed by atoms with Gasteiger partial charge in [-0.3, -0.25) is 0 Å². The molecule has 0 amide bonds. The summed E-state index contributed by atoms with van der Waals surface area (Å²) in [5.41, 5.74) is 0.374. The summed E-state index contributed by atoms with van der Waals surface area (Å²) in [5.74, 6) is 3.58. The van der Waals surface area contributed by atoms with Gasteiger partial charge in [0.15, 0.2) is 8.32 Å². The summed E-state index contributed by atoms with van der Waals surface area (Å²) in [7, 11) is -1.27. The first kappa shape index (κ1) is 7.24. The van der Waals surface area contributed by atoms with Crippen LogP contribution in [0.4, 0.5) is 0 Å². The highest BCUT2D eigenvalue weighted by atomic mass is 28.4. The SMILES string of the molecule is C[Si]1(C)C[C@@H]2C[C@H]3[C@H]4C=CC2[C@]43O1. The topological polar surface area (TPSA) is 9.23 Å². The molecule has 1 aliphatic heterocycles. The quantitative estimate of drug-likeness (QED) is 0.423. The zero-order valence-corrected chi connectivity index (χ0v) is 9.29. The van der Waals surface area contributed by atoms with Gasteiger partial charge in [-0.25, -0.2) is 0 Å². The second kappa shape index (κ2) is 1.70. The van der Waals surface area contributed by atoms with Gasteiger partial charge in [0.2, 0.25) is 0 Å². The van der Waals surface area contributed by atoms with E-state index in [9.17, 15) is 0 Å². The molecule has 0 N–H and O–H groups in total. The van der Waals surface area contributed by atoms with Crippen LogP contribution < -0.4 is 0 Å². The molecule has 3 fully saturated rings. The maximum absolute atomic E-state index is 6.49. The van der Waals surface area contributed by atoms with Crippen LogP contribution in [0, 0.1) is 23.7 Å². The Hall–Kier alpha value is -0.0831. The van der Waals surface area contributed by atoms with Crippen molar-refractivity contribution in [3.8, 4) is 0 Å². The lowest BCUT2D eigenvalue weighted by Gasteiger charge is -2.40. The molecule has 2 bridgehead atoms. The van der Waals surface area contributed by atoms with Crippen LogP contribution in [0.3, 0.4) is 0 Å². The van der Waals surface area contributed by atoms with Gasteiger partial charge in [0.05, 0.1) is 5.60 Å². The van der Waals surface area contributed by atoms with Crippen molar-refractivity contribution in [3.05, 3.63) is 12.2 Å². The first-order valence-electron chi connectivity index (χ1n) is 5.52. The third kappa shape index (κ3) is 0.608. The van der Waals surface area contributed by atoms with Crippen LogP contribution in [0.1, 0.15) is 6.42 Å². The lowest BCUT2D eigenvalue weighted by Crippen LogP contribution is -2.47. The highest BCUT2D eigenvalue weighted by Gasteiger charge is 2.78. The molecule has 4 aliphatic rings. The Balaban J connectivity index is 1.84. The Labute approximate surface area is 80.3 Å². The zero-order chi connectivity index (χ0) is 8.84. The molecule has 1 nitrogen and oxygen atoms in total. The van der Waals surface area contributed by atoms with E-state index in [1.165, 1.54) is 12.5 Å². The molecule has 0 aromatic carbocycles. The fourth-order valence-corrected chi connectivity index (χ4v) is 7.68. The molecule has 5 atom stereocenters. The summed E-state index contributed by atoms with van der Waals surface area (Å²) >= 11 is 0. The zero-order valence-electron chi connectivity index (χ0n) is 8.29. The Morgan fingerprint density at radius 3 is 2.92 bits per heavy atom. The molecule has 2 heteroatoms. The molecule has 0 radical (unpaired) electrons. The van der Waals surface area contributed by atoms with Crippen LogP contribution in [0.5, 0.6) is 0 Å². The average molecular weight is 192 g/mol. The lowest BCUT2D eigenvalue weighted by atomic mass is 9.93. The predicted molar refractivity (Wildman–Crippen MR) is 53.8 cm³/mol. The van der Waals surface area contributed by atoms with Gasteiger partial charge in [-0.05, 0) is 37.4 Å². The van der Waals surface area contributed by atoms with Crippen molar-refractivity contribution in [3.63, 3.8) is 0 Å². The molecule has 1 saturated heterocycles. The van der Waals surface area contributed by atoms with Gasteiger partial charge in [0.1, 0.15) is 0 Å². The first-order chi connectivity index (χ1) is 6.13. The highest BCUT2D eigenvalue weighted by Crippen LogP contribution is 2.75. The van der Waals surface area contributed by atoms with Crippen LogP contribution in [0.25, 0.3) is 0 Å². The molecule has 0 aromatic rings. The number of rotatable bonds is 0. The molecular weight excluding hydrogens is 176 g/mol. The minimum absolute atomic E-state index is 0.374. The molecular formula is C11H16OSi. The van der Waals surface area contributed by atoms with Crippen molar-refractivity contribution in [1.82, 2.24) is 0 Å². The molecule has 0 aromatic heterocycles. The molecule has 2 saturated carbocycles. The maximum atomic E-state index is 6.49. The van der Waals surface area contributed by atoms with E-state index in [0.29, 0.717) is 5.60 Å². The van der Waals surface area contributed by atoms with Gasteiger partial charge in [0.25, 0.3) is 0 Å². The third-order valence-electron chi connectivity index (χ3n) is 4.74. The Morgan fingerprint density at radius 2 is 2.08 bits per heavy atom. The number of hydrogen-bond acceptors (Lipinski definition) is 1. The molecule has 1 spiro atoms. The van der Waals surface area contributed by atoms with Gasteiger partial charge in [0, 0.05) is 11.8 Å². The van der Waals surface area contributed by atoms with Crippen molar-refractivity contribution in [2.75, 3.05) is 0 Å². The van der Waals surface area contributed by atoms with Gasteiger partial charge in [-0.15, -0.1) is 0 Å². The van der Waals surface area contributed by atoms with E-state index in [-0.39, 0.29) is 0 Å². The van der Waals surface area contributed by atoms with E-state index in [1.54, 1.807) is 0 Å². The first-order valence-corrected chi connectivity index (χ1v) is 8.63. The van der Waals surface area contributed by atoms with Crippen LogP contribution in [-0.4, -0.2) is 13.9 Å². The van der Waals surface area contributed by atoms with E-state index in [2.05, 4.69) is 25.2 Å². The second-order valence-electron chi connectivity index (χ2n) is 5.96. The highest BCUT2D eigenvalue weighted by molar-refractivity contribution is 6.71. The summed E-state index contributed by atoms with van der Waals surface area (Å²) in [6, 6.07) is 1.41. The summed E-state index contributed by atoms with van der Waals surface area (Å²) in [4.78, 5) is 0. The van der Waals surface area contributed by atoms with Crippen molar-refractivity contribution in [2.24, 2.45) is 23.7 Å². The summed E-state index contributed by atoms with van der Waals surface area (Å²) in [6.07, 6.45) is 6.38. The third-order valence-corrected chi connectivity index (χ3v) is 7.16. The minimum Gasteiger partial charge on any atom is -0.410 e. The minimum atomic E-state index is -1.27. The molecule has 70 valence electrons. The monoisotopic (exact) mass is 192 g/mol. The Kier molecular flexibility index (Phi) is 0.946. The van der Waals surface area contributed by atoms with E-state index in [4.69, 9.17) is 4.43 Å². The van der Waals surface area contributed by atoms with Crippen molar-refractivity contribution in [2.45, 2.75) is 31.2 Å². The van der Waals surface area contributed by atoms with Gasteiger partial charge in [-0.2, -0.15) is 0 Å². The molecule has 1 unspecified atom stereocenters. The van der Waals surface area contributed by atoms with E-state index < -0.39 is 8.32 Å². The summed E-state index contributed by atoms with van der Waals surface area (Å²) in [5, 5.41) is 0. The fourth-order valence-electron chi connectivity index (χ4n) is 4.53. The summed E-state index contributed by atoms with van der Waals surface area (Å²) < 4.78 is 6.49. The maximum Gasteiger partial charge on any atom is 0.187 e. The Morgan fingerprint density at radius 1 is 1.31 bits per heavy atom. The predicted octanol–water partition coefficient (Wildman–Crippen LogP) is 2.41. The largest absolute Gasteiger partial charge is 0.410 e. The Bertz CT molecular complexity index is 322. The lowest BCUT2D eigenvalue weighted by molar-refractivity contribution is 0.0887. The van der Waals surface area contributed by atoms with Gasteiger partial charge >= 0.3 is 0 Å². The van der Waals surface area contributed by atoms with Crippen molar-refractivity contribution in [1.29, 1.82) is 0 Å². The van der Waals surface area contributed by atoms with Crippen molar-refractivity contribution >= 4 is 8.32 Å². The molecule has 4 rings (SSSR count). The second-order valence-corrected chi connectivity index (χ2v) is 10.1. The van der Waals surface area contributed by atoms with Gasteiger partial charge < -0.3 is 4.43 Å². The number of fused-ring (bicyclic) bond motifs is 1. The van der Waals surface area contributed by atoms with Crippen LogP contribution in [0.2, 0.25) is 19.1 Å². The average Bonchev–Trinajstić information content (AvgIpc) is 2.36. The smallest absolute Gasteiger partial charge is 0.187 e. The summed E-state index contributed by atoms with van der Waals surface area (Å²) in [6.45, 7) is 4.81. The van der Waals surface area contributed by atoms with Crippen LogP contribution in [-0.2, 0) is 4.43 Å². The molecule has 13 heavy (non-hydrogen) atoms. The molecule has 3 aliphatic carbocycles. The fraction of sp³-hybridized carbons (Fsp3) is 0.818. The number of hydrogen-bond donors (Lipinski definition) is 0.